The van der Waals surface area contributed by atoms with Crippen LogP contribution >= 0.6 is 11.6 Å². The second-order valence-electron chi connectivity index (χ2n) is 10.8. The number of nitrogens with one attached hydrogen (secondary N) is 1. The molecular formula is C28H41ClN6O. The predicted molar refractivity (Wildman–Crippen MR) is 146 cm³/mol. The van der Waals surface area contributed by atoms with Crippen LogP contribution in [-0.4, -0.2) is 103 Å². The van der Waals surface area contributed by atoms with Crippen LogP contribution in [0.2, 0.25) is 5.02 Å². The molecule has 0 radical (unpaired) electrons. The molecule has 2 saturated heterocycles. The van der Waals surface area contributed by atoms with Crippen molar-refractivity contribution < 1.29 is 4.79 Å². The average Bonchev–Trinajstić information content (AvgIpc) is 3.27. The van der Waals surface area contributed by atoms with Gasteiger partial charge in [-0.1, -0.05) is 37.6 Å². The first-order chi connectivity index (χ1) is 17.4. The van der Waals surface area contributed by atoms with E-state index in [2.05, 4.69) is 45.7 Å². The molecule has 7 nitrogen and oxygen atoms in total. The summed E-state index contributed by atoms with van der Waals surface area (Å²) in [4.78, 5) is 28.4. The van der Waals surface area contributed by atoms with Gasteiger partial charge in [-0.3, -0.25) is 9.69 Å². The summed E-state index contributed by atoms with van der Waals surface area (Å²) in [6, 6.07) is 7.89. The van der Waals surface area contributed by atoms with E-state index in [1.165, 1.54) is 17.7 Å². The van der Waals surface area contributed by atoms with Gasteiger partial charge < -0.3 is 20.0 Å². The number of hydrogen-bond acceptors (Lipinski definition) is 6. The van der Waals surface area contributed by atoms with Gasteiger partial charge in [-0.05, 0) is 49.9 Å². The zero-order valence-electron chi connectivity index (χ0n) is 22.0. The van der Waals surface area contributed by atoms with Gasteiger partial charge in [0.1, 0.15) is 12.0 Å². The van der Waals surface area contributed by atoms with Gasteiger partial charge in [-0.2, -0.15) is 0 Å². The van der Waals surface area contributed by atoms with E-state index < -0.39 is 0 Å². The van der Waals surface area contributed by atoms with Gasteiger partial charge in [0.05, 0.1) is 5.92 Å². The number of amidine groups is 1. The maximum atomic E-state index is 13.9. The first-order valence-electron chi connectivity index (χ1n) is 13.7. The van der Waals surface area contributed by atoms with E-state index in [1.807, 2.05) is 24.3 Å². The van der Waals surface area contributed by atoms with E-state index in [1.54, 1.807) is 0 Å². The predicted octanol–water partition coefficient (Wildman–Crippen LogP) is 3.24. The highest BCUT2D eigenvalue weighted by molar-refractivity contribution is 6.30. The molecule has 3 aliphatic heterocycles. The minimum Gasteiger partial charge on any atom is -0.367 e. The van der Waals surface area contributed by atoms with E-state index in [4.69, 9.17) is 16.6 Å². The van der Waals surface area contributed by atoms with Gasteiger partial charge in [-0.15, -0.1) is 0 Å². The number of allylic oxidation sites excluding steroid dienone is 1. The summed E-state index contributed by atoms with van der Waals surface area (Å²) in [5, 5.41) is 4.28. The average molecular weight is 513 g/mol. The lowest BCUT2D eigenvalue weighted by molar-refractivity contribution is -0.134. The number of likely N-dealkylation sites (N-methyl/N-ethyl adjacent to an activating group) is 1. The van der Waals surface area contributed by atoms with Gasteiger partial charge in [0, 0.05) is 75.2 Å². The van der Waals surface area contributed by atoms with Crippen LogP contribution in [0.25, 0.3) is 0 Å². The Kier molecular flexibility index (Phi) is 7.89. The van der Waals surface area contributed by atoms with Crippen molar-refractivity contribution in [2.45, 2.75) is 45.7 Å². The maximum Gasteiger partial charge on any atom is 0.231 e. The molecule has 1 amide bonds. The molecule has 3 atom stereocenters. The van der Waals surface area contributed by atoms with E-state index in [0.717, 1.165) is 83.3 Å². The monoisotopic (exact) mass is 512 g/mol. The van der Waals surface area contributed by atoms with Crippen LogP contribution in [0.5, 0.6) is 0 Å². The molecule has 0 spiro atoms. The SMILES string of the molecule is CCN1CCN(C[C@@H](C(=O)N2CCN(C3=NC(C)NC4=C3[C@H](C)CC4)CC2)c2ccc(Cl)cc2)CC1. The largest absolute Gasteiger partial charge is 0.367 e. The zero-order chi connectivity index (χ0) is 25.2. The van der Waals surface area contributed by atoms with Crippen LogP contribution in [0, 0.1) is 5.92 Å². The van der Waals surface area contributed by atoms with Crippen molar-refractivity contribution in [1.29, 1.82) is 0 Å². The van der Waals surface area contributed by atoms with E-state index in [9.17, 15) is 4.79 Å². The lowest BCUT2D eigenvalue weighted by Crippen LogP contribution is -2.54. The first-order valence-corrected chi connectivity index (χ1v) is 14.1. The Balaban J connectivity index is 1.27. The fourth-order valence-electron chi connectivity index (χ4n) is 6.16. The third-order valence-electron chi connectivity index (χ3n) is 8.40. The van der Waals surface area contributed by atoms with Crippen molar-refractivity contribution in [2.75, 3.05) is 65.4 Å². The highest BCUT2D eigenvalue weighted by Gasteiger charge is 2.36. The number of rotatable bonds is 5. The number of aliphatic imine (C=N–C) groups is 1. The second-order valence-corrected chi connectivity index (χ2v) is 11.2. The van der Waals surface area contributed by atoms with Crippen molar-refractivity contribution in [3.05, 3.63) is 46.1 Å². The van der Waals surface area contributed by atoms with Crippen LogP contribution in [0.1, 0.15) is 45.1 Å². The molecule has 4 aliphatic rings. The van der Waals surface area contributed by atoms with Gasteiger partial charge >= 0.3 is 0 Å². The summed E-state index contributed by atoms with van der Waals surface area (Å²) in [6.45, 7) is 15.8. The molecule has 196 valence electrons. The normalized spacial score (nSPS) is 26.5. The van der Waals surface area contributed by atoms with E-state index in [0.29, 0.717) is 10.9 Å². The number of piperazine rings is 2. The van der Waals surface area contributed by atoms with Crippen molar-refractivity contribution in [2.24, 2.45) is 10.9 Å². The number of halogens is 1. The second kappa shape index (κ2) is 11.1. The third-order valence-corrected chi connectivity index (χ3v) is 8.65. The van der Waals surface area contributed by atoms with Gasteiger partial charge in [-0.25, -0.2) is 4.99 Å². The molecule has 36 heavy (non-hydrogen) atoms. The maximum absolute atomic E-state index is 13.9. The Morgan fingerprint density at radius 1 is 1.03 bits per heavy atom. The van der Waals surface area contributed by atoms with Crippen molar-refractivity contribution in [3.63, 3.8) is 0 Å². The number of carbonyl (C=O) groups is 1. The fraction of sp³-hybridized carbons (Fsp3) is 0.643. The minimum absolute atomic E-state index is 0.117. The molecule has 3 heterocycles. The Morgan fingerprint density at radius 2 is 1.69 bits per heavy atom. The Labute approximate surface area is 221 Å². The van der Waals surface area contributed by atoms with Crippen molar-refractivity contribution >= 4 is 23.3 Å². The number of carbonyl (C=O) groups excluding carboxylic acids is 1. The van der Waals surface area contributed by atoms with Crippen LogP contribution < -0.4 is 5.32 Å². The molecule has 8 heteroatoms. The van der Waals surface area contributed by atoms with Crippen LogP contribution in [-0.2, 0) is 4.79 Å². The lowest BCUT2D eigenvalue weighted by Gasteiger charge is -2.41. The molecule has 5 rings (SSSR count). The summed E-state index contributed by atoms with van der Waals surface area (Å²) in [7, 11) is 0. The minimum atomic E-state index is -0.164. The fourth-order valence-corrected chi connectivity index (χ4v) is 6.28. The molecule has 2 fully saturated rings. The molecule has 1 unspecified atom stereocenters. The molecule has 0 aromatic heterocycles. The van der Waals surface area contributed by atoms with Gasteiger partial charge in [0.25, 0.3) is 0 Å². The van der Waals surface area contributed by atoms with Crippen LogP contribution in [0.3, 0.4) is 0 Å². The van der Waals surface area contributed by atoms with Crippen LogP contribution in [0.4, 0.5) is 0 Å². The molecule has 0 saturated carbocycles. The summed E-state index contributed by atoms with van der Waals surface area (Å²) >= 11 is 6.18. The molecular weight excluding hydrogens is 472 g/mol. The topological polar surface area (TPSA) is 54.4 Å². The Hall–Kier alpha value is -2.09. The smallest absolute Gasteiger partial charge is 0.231 e. The van der Waals surface area contributed by atoms with Gasteiger partial charge in [0.2, 0.25) is 5.91 Å². The number of benzene rings is 1. The van der Waals surface area contributed by atoms with E-state index >= 15 is 0 Å². The third kappa shape index (κ3) is 5.43. The molecule has 1 aromatic carbocycles. The molecule has 1 N–H and O–H groups in total. The highest BCUT2D eigenvalue weighted by atomic mass is 35.5. The quantitative estimate of drug-likeness (QED) is 0.656. The molecule has 1 aliphatic carbocycles. The highest BCUT2D eigenvalue weighted by Crippen LogP contribution is 2.35. The van der Waals surface area contributed by atoms with E-state index in [-0.39, 0.29) is 18.0 Å². The standard InChI is InChI=1S/C28H41ClN6O/c1-4-32-11-13-33(14-12-32)19-24(22-6-8-23(29)9-7-22)28(36)35-17-15-34(16-18-35)27-26-20(2)5-10-25(26)30-21(3)31-27/h6-9,20-21,24,30H,4-5,10-19H2,1-3H3/t20-,21?,24-/m1/s1. The van der Waals surface area contributed by atoms with Crippen molar-refractivity contribution in [1.82, 2.24) is 24.9 Å². The Morgan fingerprint density at radius 3 is 2.36 bits per heavy atom. The lowest BCUT2D eigenvalue weighted by atomic mass is 9.95. The van der Waals surface area contributed by atoms with Gasteiger partial charge in [0.15, 0.2) is 0 Å². The zero-order valence-corrected chi connectivity index (χ0v) is 22.8. The summed E-state index contributed by atoms with van der Waals surface area (Å²) in [5.74, 6) is 1.78. The number of nitrogens with zero attached hydrogens (tertiary/aromatic N) is 5. The number of hydrogen-bond donors (Lipinski definition) is 1. The summed E-state index contributed by atoms with van der Waals surface area (Å²) in [6.07, 6.45) is 2.43. The molecule has 0 bridgehead atoms. The molecule has 1 aromatic rings. The summed E-state index contributed by atoms with van der Waals surface area (Å²) < 4.78 is 0. The summed E-state index contributed by atoms with van der Waals surface area (Å²) in [5.41, 5.74) is 3.85. The number of amides is 1. The first kappa shape index (κ1) is 25.6. The Bertz CT molecular complexity index is 992. The van der Waals surface area contributed by atoms with Crippen molar-refractivity contribution in [3.8, 4) is 0 Å². The van der Waals surface area contributed by atoms with Crippen LogP contribution in [0.15, 0.2) is 40.5 Å².